The van der Waals surface area contributed by atoms with E-state index < -0.39 is 17.1 Å². The standard InChI is InChI=1S/C30H47NO4/c1-17(2)18-8-13-26(3)19-9-15-29-12-6-7-21(29)30(26,23(18)31(29)24(19)33)16-10-20-27(4)14-11-22(32)28(20,5)25(34)35-27/h17-24,32-33H,6-16H2,1-5H3/t18-,19-,20+,21-,22+,23-,24+,26+,27-,28+,29-,30+/m1/s1. The first-order valence-corrected chi connectivity index (χ1v) is 14.9. The van der Waals surface area contributed by atoms with E-state index in [1.807, 2.05) is 6.92 Å². The largest absolute Gasteiger partial charge is 0.459 e. The molecule has 13 atom stereocenters. The Labute approximate surface area is 211 Å². The van der Waals surface area contributed by atoms with E-state index >= 15 is 0 Å². The number of aliphatic hydroxyl groups is 2. The molecule has 0 amide bonds. The first-order valence-electron chi connectivity index (χ1n) is 14.9. The number of carbonyl (C=O) groups excluding carboxylic acids is 1. The summed E-state index contributed by atoms with van der Waals surface area (Å²) in [6.45, 7) is 11.5. The van der Waals surface area contributed by atoms with Crippen molar-refractivity contribution in [1.29, 1.82) is 0 Å². The highest BCUT2D eigenvalue weighted by molar-refractivity contribution is 5.81. The summed E-state index contributed by atoms with van der Waals surface area (Å²) in [5.41, 5.74) is -0.717. The fraction of sp³-hybridized carbons (Fsp3) is 0.967. The summed E-state index contributed by atoms with van der Waals surface area (Å²) in [6.07, 6.45) is 11.4. The van der Waals surface area contributed by atoms with Crippen molar-refractivity contribution in [2.45, 2.75) is 135 Å². The predicted molar refractivity (Wildman–Crippen MR) is 133 cm³/mol. The molecular weight excluding hydrogens is 438 g/mol. The predicted octanol–water partition coefficient (Wildman–Crippen LogP) is 4.88. The summed E-state index contributed by atoms with van der Waals surface area (Å²) in [5, 5.41) is 22.9. The first-order chi connectivity index (χ1) is 16.5. The van der Waals surface area contributed by atoms with Gasteiger partial charge in [0, 0.05) is 23.4 Å². The third-order valence-electron chi connectivity index (χ3n) is 14.1. The van der Waals surface area contributed by atoms with Crippen LogP contribution < -0.4 is 0 Å². The zero-order valence-corrected chi connectivity index (χ0v) is 22.6. The Kier molecular flexibility index (Phi) is 4.60. The highest BCUT2D eigenvalue weighted by Crippen LogP contribution is 2.80. The van der Waals surface area contributed by atoms with Crippen molar-refractivity contribution in [3.63, 3.8) is 0 Å². The topological polar surface area (TPSA) is 70.0 Å². The lowest BCUT2D eigenvalue weighted by Crippen LogP contribution is -2.72. The number of carbonyl (C=O) groups is 1. The van der Waals surface area contributed by atoms with Crippen molar-refractivity contribution < 1.29 is 19.7 Å². The summed E-state index contributed by atoms with van der Waals surface area (Å²) in [4.78, 5) is 15.8. The van der Waals surface area contributed by atoms with Crippen LogP contribution >= 0.6 is 0 Å². The van der Waals surface area contributed by atoms with E-state index in [2.05, 4.69) is 32.6 Å². The van der Waals surface area contributed by atoms with Gasteiger partial charge in [0.15, 0.2) is 0 Å². The maximum absolute atomic E-state index is 13.1. The molecule has 0 aromatic carbocycles. The van der Waals surface area contributed by atoms with Crippen LogP contribution in [0, 0.1) is 45.8 Å². The molecule has 196 valence electrons. The van der Waals surface area contributed by atoms with Gasteiger partial charge in [0.05, 0.1) is 11.5 Å². The van der Waals surface area contributed by atoms with Crippen LogP contribution in [0.4, 0.5) is 0 Å². The normalized spacial score (nSPS) is 61.9. The lowest BCUT2D eigenvalue weighted by molar-refractivity contribution is -0.258. The van der Waals surface area contributed by atoms with Gasteiger partial charge in [-0.1, -0.05) is 27.2 Å². The molecule has 3 aliphatic carbocycles. The number of hydrogen-bond acceptors (Lipinski definition) is 5. The molecule has 5 nitrogen and oxygen atoms in total. The number of esters is 1. The van der Waals surface area contributed by atoms with Gasteiger partial charge in [0.25, 0.3) is 0 Å². The van der Waals surface area contributed by atoms with Gasteiger partial charge in [-0.15, -0.1) is 0 Å². The van der Waals surface area contributed by atoms with E-state index in [1.54, 1.807) is 0 Å². The maximum atomic E-state index is 13.1. The van der Waals surface area contributed by atoms with Gasteiger partial charge in [-0.05, 0) is 107 Å². The molecule has 0 aromatic heterocycles. The summed E-state index contributed by atoms with van der Waals surface area (Å²) in [5.74, 6) is 2.13. The van der Waals surface area contributed by atoms with Crippen LogP contribution in [-0.4, -0.2) is 50.6 Å². The Morgan fingerprint density at radius 3 is 2.54 bits per heavy atom. The van der Waals surface area contributed by atoms with Crippen LogP contribution in [-0.2, 0) is 9.53 Å². The number of nitrogens with zero attached hydrogens (tertiary/aromatic N) is 1. The number of aliphatic hydroxyl groups excluding tert-OH is 2. The van der Waals surface area contributed by atoms with E-state index in [-0.39, 0.29) is 34.5 Å². The molecule has 35 heavy (non-hydrogen) atoms. The molecule has 2 N–H and O–H groups in total. The molecule has 7 fully saturated rings. The lowest BCUT2D eigenvalue weighted by Gasteiger charge is -2.68. The highest BCUT2D eigenvalue weighted by Gasteiger charge is 2.82. The summed E-state index contributed by atoms with van der Waals surface area (Å²) < 4.78 is 6.06. The monoisotopic (exact) mass is 485 g/mol. The second kappa shape index (κ2) is 6.86. The molecule has 0 aromatic rings. The first kappa shape index (κ1) is 23.5. The molecule has 1 unspecified atom stereocenters. The molecule has 0 radical (unpaired) electrons. The summed E-state index contributed by atoms with van der Waals surface area (Å²) >= 11 is 0. The second-order valence-electron chi connectivity index (χ2n) is 15.0. The maximum Gasteiger partial charge on any atom is 0.315 e. The van der Waals surface area contributed by atoms with Crippen molar-refractivity contribution in [2.24, 2.45) is 45.8 Å². The molecule has 4 heterocycles. The SMILES string of the molecule is CC(C)[C@H]1CC[C@@]2(C)[C@@H]3CC[C@]45CCC[C@H]4[C@@]2(CC[C@@H]2[C@]4(C)C(=O)O[C@]2(C)CC[C@@H]4O)[C@@H]1N5[C@H]3O. The van der Waals surface area contributed by atoms with Gasteiger partial charge in [-0.25, -0.2) is 0 Å². The van der Waals surface area contributed by atoms with Crippen molar-refractivity contribution in [2.75, 3.05) is 0 Å². The van der Waals surface area contributed by atoms with E-state index in [0.29, 0.717) is 36.1 Å². The third-order valence-corrected chi connectivity index (χ3v) is 14.1. The molecule has 3 saturated carbocycles. The van der Waals surface area contributed by atoms with Crippen LogP contribution in [0.25, 0.3) is 0 Å². The number of hydrogen-bond donors (Lipinski definition) is 2. The van der Waals surface area contributed by atoms with Crippen LogP contribution in [0.5, 0.6) is 0 Å². The van der Waals surface area contributed by atoms with Gasteiger partial charge in [0.2, 0.25) is 0 Å². The van der Waals surface area contributed by atoms with Gasteiger partial charge in [0.1, 0.15) is 11.8 Å². The minimum atomic E-state index is -0.782. The molecule has 1 spiro atoms. The Bertz CT molecular complexity index is 953. The number of fused-ring (bicyclic) bond motifs is 4. The number of ether oxygens (including phenoxy) is 1. The molecule has 5 heteroatoms. The van der Waals surface area contributed by atoms with E-state index in [4.69, 9.17) is 4.74 Å². The van der Waals surface area contributed by atoms with Crippen molar-refractivity contribution in [1.82, 2.24) is 4.90 Å². The van der Waals surface area contributed by atoms with Crippen molar-refractivity contribution >= 4 is 5.97 Å². The fourth-order valence-corrected chi connectivity index (χ4v) is 12.6. The Hall–Kier alpha value is -0.650. The Balaban J connectivity index is 1.35. The van der Waals surface area contributed by atoms with Gasteiger partial charge in [-0.3, -0.25) is 9.69 Å². The Morgan fingerprint density at radius 2 is 1.80 bits per heavy atom. The zero-order chi connectivity index (χ0) is 24.8. The highest BCUT2D eigenvalue weighted by atomic mass is 16.6. The quantitative estimate of drug-likeness (QED) is 0.555. The molecule has 7 bridgehead atoms. The minimum absolute atomic E-state index is 0.0679. The van der Waals surface area contributed by atoms with E-state index in [1.165, 1.54) is 44.9 Å². The lowest BCUT2D eigenvalue weighted by atomic mass is 9.41. The minimum Gasteiger partial charge on any atom is -0.459 e. The van der Waals surface area contributed by atoms with Gasteiger partial charge < -0.3 is 14.9 Å². The summed E-state index contributed by atoms with van der Waals surface area (Å²) in [7, 11) is 0. The van der Waals surface area contributed by atoms with E-state index in [0.717, 1.165) is 19.3 Å². The van der Waals surface area contributed by atoms with Gasteiger partial charge >= 0.3 is 5.97 Å². The number of piperidine rings is 2. The smallest absolute Gasteiger partial charge is 0.315 e. The van der Waals surface area contributed by atoms with Crippen LogP contribution in [0.2, 0.25) is 0 Å². The zero-order valence-electron chi connectivity index (χ0n) is 22.6. The molecular formula is C30H47NO4. The van der Waals surface area contributed by atoms with Crippen LogP contribution in [0.1, 0.15) is 105 Å². The van der Waals surface area contributed by atoms with Crippen LogP contribution in [0.15, 0.2) is 0 Å². The Morgan fingerprint density at radius 1 is 1.03 bits per heavy atom. The fourth-order valence-electron chi connectivity index (χ4n) is 12.6. The summed E-state index contributed by atoms with van der Waals surface area (Å²) in [6, 6.07) is 0.446. The average Bonchev–Trinajstić information content (AvgIpc) is 3.32. The van der Waals surface area contributed by atoms with Crippen molar-refractivity contribution in [3.05, 3.63) is 0 Å². The van der Waals surface area contributed by atoms with Gasteiger partial charge in [-0.2, -0.15) is 0 Å². The average molecular weight is 486 g/mol. The molecule has 4 aliphatic heterocycles. The molecule has 7 aliphatic rings. The van der Waals surface area contributed by atoms with Crippen LogP contribution in [0.3, 0.4) is 0 Å². The molecule has 7 rings (SSSR count). The number of rotatable bonds is 4. The third kappa shape index (κ3) is 2.34. The second-order valence-corrected chi connectivity index (χ2v) is 15.0. The van der Waals surface area contributed by atoms with E-state index in [9.17, 15) is 15.0 Å². The van der Waals surface area contributed by atoms with Crippen molar-refractivity contribution in [3.8, 4) is 0 Å². The molecule has 4 saturated heterocycles.